The molecule has 92 valence electrons. The zero-order valence-corrected chi connectivity index (χ0v) is 11.5. The van der Waals surface area contributed by atoms with Gasteiger partial charge in [0.05, 0.1) is 6.54 Å². The summed E-state index contributed by atoms with van der Waals surface area (Å²) >= 11 is 0. The van der Waals surface area contributed by atoms with Gasteiger partial charge in [0.25, 0.3) is 0 Å². The van der Waals surface area contributed by atoms with Crippen molar-refractivity contribution < 1.29 is 0 Å². The molecule has 1 aliphatic rings. The van der Waals surface area contributed by atoms with Crippen LogP contribution in [0.25, 0.3) is 0 Å². The minimum Gasteiger partial charge on any atom is -0.306 e. The van der Waals surface area contributed by atoms with Crippen LogP contribution in [0.3, 0.4) is 0 Å². The average Bonchev–Trinajstić information content (AvgIpc) is 2.16. The molecule has 1 heterocycles. The molecule has 0 aromatic rings. The SMILES string of the molecule is CN(C)C1CCN(CC#CC(C)(C)C)CC1. The summed E-state index contributed by atoms with van der Waals surface area (Å²) in [4.78, 5) is 4.82. The first-order valence-electron chi connectivity index (χ1n) is 6.27. The lowest BCUT2D eigenvalue weighted by Gasteiger charge is -2.34. The van der Waals surface area contributed by atoms with Crippen LogP contribution in [0, 0.1) is 17.3 Å². The Morgan fingerprint density at radius 2 is 1.75 bits per heavy atom. The van der Waals surface area contributed by atoms with Crippen LogP contribution >= 0.6 is 0 Å². The van der Waals surface area contributed by atoms with Crippen LogP contribution < -0.4 is 0 Å². The minimum absolute atomic E-state index is 0.141. The molecule has 0 N–H and O–H groups in total. The van der Waals surface area contributed by atoms with Gasteiger partial charge in [-0.15, -0.1) is 0 Å². The molecule has 0 aromatic carbocycles. The van der Waals surface area contributed by atoms with Crippen molar-refractivity contribution in [2.45, 2.75) is 39.7 Å². The van der Waals surface area contributed by atoms with Gasteiger partial charge >= 0.3 is 0 Å². The summed E-state index contributed by atoms with van der Waals surface area (Å²) in [5, 5.41) is 0. The van der Waals surface area contributed by atoms with Crippen LogP contribution in [0.1, 0.15) is 33.6 Å². The summed E-state index contributed by atoms with van der Waals surface area (Å²) in [5.74, 6) is 6.60. The van der Waals surface area contributed by atoms with Crippen LogP contribution in [0.5, 0.6) is 0 Å². The predicted octanol–water partition coefficient (Wildman–Crippen LogP) is 2.06. The van der Waals surface area contributed by atoms with Crippen molar-refractivity contribution in [3.05, 3.63) is 0 Å². The first kappa shape index (κ1) is 13.5. The Morgan fingerprint density at radius 3 is 2.19 bits per heavy atom. The lowest BCUT2D eigenvalue weighted by atomic mass is 9.98. The molecule has 0 aliphatic carbocycles. The highest BCUT2D eigenvalue weighted by Gasteiger charge is 2.19. The zero-order valence-electron chi connectivity index (χ0n) is 11.5. The molecule has 1 saturated heterocycles. The van der Waals surface area contributed by atoms with Gasteiger partial charge in [-0.05, 0) is 47.7 Å². The van der Waals surface area contributed by atoms with Crippen LogP contribution in [0.4, 0.5) is 0 Å². The molecule has 1 fully saturated rings. The lowest BCUT2D eigenvalue weighted by Crippen LogP contribution is -2.42. The molecule has 0 unspecified atom stereocenters. The van der Waals surface area contributed by atoms with E-state index in [0.717, 1.165) is 12.6 Å². The van der Waals surface area contributed by atoms with Gasteiger partial charge in [-0.25, -0.2) is 0 Å². The number of hydrogen-bond acceptors (Lipinski definition) is 2. The summed E-state index contributed by atoms with van der Waals surface area (Å²) < 4.78 is 0. The molecule has 0 bridgehead atoms. The second kappa shape index (κ2) is 5.70. The molecule has 1 aliphatic heterocycles. The summed E-state index contributed by atoms with van der Waals surface area (Å²) in [5.41, 5.74) is 0.141. The number of hydrogen-bond donors (Lipinski definition) is 0. The highest BCUT2D eigenvalue weighted by molar-refractivity contribution is 5.08. The van der Waals surface area contributed by atoms with Gasteiger partial charge in [0.1, 0.15) is 0 Å². The highest BCUT2D eigenvalue weighted by atomic mass is 15.2. The number of likely N-dealkylation sites (tertiary alicyclic amines) is 1. The third-order valence-corrected chi connectivity index (χ3v) is 3.05. The maximum atomic E-state index is 3.30. The lowest BCUT2D eigenvalue weighted by molar-refractivity contribution is 0.156. The van der Waals surface area contributed by atoms with E-state index in [1.165, 1.54) is 25.9 Å². The fourth-order valence-electron chi connectivity index (χ4n) is 2.01. The standard InChI is InChI=1S/C14H26N2/c1-14(2,3)9-6-10-16-11-7-13(8-12-16)15(4)5/h13H,7-8,10-12H2,1-5H3. The third-order valence-electron chi connectivity index (χ3n) is 3.05. The molecule has 0 spiro atoms. The third kappa shape index (κ3) is 5.01. The van der Waals surface area contributed by atoms with Crippen LogP contribution in [-0.4, -0.2) is 49.6 Å². The maximum Gasteiger partial charge on any atom is 0.0601 e. The van der Waals surface area contributed by atoms with E-state index in [0.29, 0.717) is 0 Å². The Bertz CT molecular complexity index is 257. The number of rotatable bonds is 2. The molecule has 2 nitrogen and oxygen atoms in total. The summed E-state index contributed by atoms with van der Waals surface area (Å²) in [7, 11) is 4.36. The van der Waals surface area contributed by atoms with E-state index >= 15 is 0 Å². The van der Waals surface area contributed by atoms with Gasteiger partial charge in [0, 0.05) is 24.5 Å². The Balaban J connectivity index is 2.29. The monoisotopic (exact) mass is 222 g/mol. The summed E-state index contributed by atoms with van der Waals surface area (Å²) in [6.45, 7) is 9.83. The van der Waals surface area contributed by atoms with Gasteiger partial charge in [0.15, 0.2) is 0 Å². The topological polar surface area (TPSA) is 6.48 Å². The predicted molar refractivity (Wildman–Crippen MR) is 70.4 cm³/mol. The van der Waals surface area contributed by atoms with Gasteiger partial charge in [-0.2, -0.15) is 0 Å². The number of nitrogens with zero attached hydrogens (tertiary/aromatic N) is 2. The first-order valence-corrected chi connectivity index (χ1v) is 6.27. The van der Waals surface area contributed by atoms with Gasteiger partial charge in [0.2, 0.25) is 0 Å². The second-order valence-corrected chi connectivity index (χ2v) is 6.02. The van der Waals surface area contributed by atoms with Crippen molar-refractivity contribution in [3.63, 3.8) is 0 Å². The molecule has 0 saturated carbocycles. The fourth-order valence-corrected chi connectivity index (χ4v) is 2.01. The van der Waals surface area contributed by atoms with E-state index in [-0.39, 0.29) is 5.41 Å². The smallest absolute Gasteiger partial charge is 0.0601 e. The molecule has 0 aromatic heterocycles. The van der Waals surface area contributed by atoms with E-state index in [9.17, 15) is 0 Å². The Labute approximate surface area is 101 Å². The van der Waals surface area contributed by atoms with Gasteiger partial charge in [-0.3, -0.25) is 4.90 Å². The highest BCUT2D eigenvalue weighted by Crippen LogP contribution is 2.14. The molecule has 16 heavy (non-hydrogen) atoms. The molecule has 1 rings (SSSR count). The van der Waals surface area contributed by atoms with E-state index < -0.39 is 0 Å². The first-order chi connectivity index (χ1) is 7.38. The van der Waals surface area contributed by atoms with E-state index in [1.807, 2.05) is 0 Å². The maximum absolute atomic E-state index is 3.30. The van der Waals surface area contributed by atoms with Crippen molar-refractivity contribution in [2.75, 3.05) is 33.7 Å². The van der Waals surface area contributed by atoms with Crippen molar-refractivity contribution >= 4 is 0 Å². The van der Waals surface area contributed by atoms with E-state index in [1.54, 1.807) is 0 Å². The van der Waals surface area contributed by atoms with Crippen LogP contribution in [0.15, 0.2) is 0 Å². The summed E-state index contributed by atoms with van der Waals surface area (Å²) in [6.07, 6.45) is 2.56. The fraction of sp³-hybridized carbons (Fsp3) is 0.857. The normalized spacial score (nSPS) is 19.6. The van der Waals surface area contributed by atoms with Crippen molar-refractivity contribution in [1.82, 2.24) is 9.80 Å². The number of piperidine rings is 1. The summed E-state index contributed by atoms with van der Waals surface area (Å²) in [6, 6.07) is 0.770. The minimum atomic E-state index is 0.141. The van der Waals surface area contributed by atoms with E-state index in [4.69, 9.17) is 0 Å². The van der Waals surface area contributed by atoms with Gasteiger partial charge < -0.3 is 4.90 Å². The van der Waals surface area contributed by atoms with Gasteiger partial charge in [-0.1, -0.05) is 11.8 Å². The van der Waals surface area contributed by atoms with E-state index in [2.05, 4.69) is 56.5 Å². The van der Waals surface area contributed by atoms with Crippen molar-refractivity contribution in [3.8, 4) is 11.8 Å². The van der Waals surface area contributed by atoms with Crippen LogP contribution in [0.2, 0.25) is 0 Å². The average molecular weight is 222 g/mol. The molecule has 0 radical (unpaired) electrons. The second-order valence-electron chi connectivity index (χ2n) is 6.02. The Morgan fingerprint density at radius 1 is 1.19 bits per heavy atom. The largest absolute Gasteiger partial charge is 0.306 e. The Kier molecular flexibility index (Phi) is 4.83. The Hall–Kier alpha value is -0.520. The molecular formula is C14H26N2. The van der Waals surface area contributed by atoms with Crippen molar-refractivity contribution in [1.29, 1.82) is 0 Å². The zero-order chi connectivity index (χ0) is 12.2. The van der Waals surface area contributed by atoms with Crippen LogP contribution in [-0.2, 0) is 0 Å². The quantitative estimate of drug-likeness (QED) is 0.660. The molecule has 0 amide bonds. The molecular weight excluding hydrogens is 196 g/mol. The van der Waals surface area contributed by atoms with Crippen molar-refractivity contribution in [2.24, 2.45) is 5.41 Å². The molecule has 2 heteroatoms. The molecule has 0 atom stereocenters.